The predicted octanol–water partition coefficient (Wildman–Crippen LogP) is -0.131. The van der Waals surface area contributed by atoms with Crippen molar-refractivity contribution in [2.75, 3.05) is 26.7 Å². The molecule has 0 radical (unpaired) electrons. The maximum absolute atomic E-state index is 11.7. The molecule has 3 heteroatoms. The van der Waals surface area contributed by atoms with E-state index in [-0.39, 0.29) is 6.04 Å². The van der Waals surface area contributed by atoms with E-state index in [0.717, 1.165) is 32.5 Å². The van der Waals surface area contributed by atoms with Gasteiger partial charge in [0.25, 0.3) is 0 Å². The summed E-state index contributed by atoms with van der Waals surface area (Å²) in [5.74, 6) is 0.863. The van der Waals surface area contributed by atoms with E-state index in [2.05, 4.69) is 10.2 Å². The van der Waals surface area contributed by atoms with Crippen LogP contribution in [0.2, 0.25) is 0 Å². The Hall–Kier alpha value is -0.410. The zero-order valence-electron chi connectivity index (χ0n) is 7.55. The Kier molecular flexibility index (Phi) is 2.15. The fourth-order valence-corrected chi connectivity index (χ4v) is 1.76. The summed E-state index contributed by atoms with van der Waals surface area (Å²) < 4.78 is 0. The van der Waals surface area contributed by atoms with Gasteiger partial charge in [-0.3, -0.25) is 9.69 Å². The molecule has 1 N–H and O–H groups in total. The predicted molar refractivity (Wildman–Crippen MR) is 47.0 cm³/mol. The van der Waals surface area contributed by atoms with Crippen LogP contribution >= 0.6 is 0 Å². The molecular weight excluding hydrogens is 152 g/mol. The number of rotatable bonds is 2. The minimum atomic E-state index is 0.159. The van der Waals surface area contributed by atoms with Crippen LogP contribution in [0, 0.1) is 5.92 Å². The maximum Gasteiger partial charge on any atom is 0.154 e. The van der Waals surface area contributed by atoms with E-state index in [1.54, 1.807) is 0 Å². The number of Topliss-reactive ketones (excluding diaryl/α,β-unsaturated/α-hetero) is 1. The van der Waals surface area contributed by atoms with Crippen LogP contribution in [-0.2, 0) is 4.79 Å². The Morgan fingerprint density at radius 1 is 1.50 bits per heavy atom. The first-order valence-corrected chi connectivity index (χ1v) is 4.73. The number of carbonyl (C=O) groups excluding carboxylic acids is 1. The van der Waals surface area contributed by atoms with Gasteiger partial charge in [0.15, 0.2) is 5.78 Å². The van der Waals surface area contributed by atoms with Gasteiger partial charge in [-0.2, -0.15) is 0 Å². The summed E-state index contributed by atoms with van der Waals surface area (Å²) in [6.07, 6.45) is 2.26. The molecule has 0 aromatic carbocycles. The summed E-state index contributed by atoms with van der Waals surface area (Å²) in [5, 5.41) is 3.27. The fourth-order valence-electron chi connectivity index (χ4n) is 1.76. The maximum atomic E-state index is 11.7. The number of nitrogens with one attached hydrogen (secondary N) is 1. The first-order valence-electron chi connectivity index (χ1n) is 4.73. The van der Waals surface area contributed by atoms with Crippen molar-refractivity contribution >= 4 is 5.78 Å². The average molecular weight is 168 g/mol. The third kappa shape index (κ3) is 1.52. The van der Waals surface area contributed by atoms with Crippen LogP contribution in [0.5, 0.6) is 0 Å². The molecule has 1 unspecified atom stereocenters. The van der Waals surface area contributed by atoms with Gasteiger partial charge >= 0.3 is 0 Å². The second-order valence-electron chi connectivity index (χ2n) is 3.88. The quantitative estimate of drug-likeness (QED) is 0.623. The second kappa shape index (κ2) is 3.15. The molecule has 2 aliphatic rings. The topological polar surface area (TPSA) is 32.3 Å². The first-order chi connectivity index (χ1) is 5.79. The van der Waals surface area contributed by atoms with Crippen LogP contribution in [0.4, 0.5) is 0 Å². The number of likely N-dealkylation sites (N-methyl/N-ethyl adjacent to an activating group) is 1. The molecule has 0 spiro atoms. The molecule has 12 heavy (non-hydrogen) atoms. The van der Waals surface area contributed by atoms with Crippen molar-refractivity contribution in [3.63, 3.8) is 0 Å². The van der Waals surface area contributed by atoms with Crippen LogP contribution in [-0.4, -0.2) is 43.4 Å². The van der Waals surface area contributed by atoms with E-state index in [1.165, 1.54) is 0 Å². The van der Waals surface area contributed by atoms with Gasteiger partial charge in [0.05, 0.1) is 6.04 Å². The Bertz CT molecular complexity index is 189. The van der Waals surface area contributed by atoms with E-state index in [9.17, 15) is 4.79 Å². The van der Waals surface area contributed by atoms with Gasteiger partial charge in [-0.05, 0) is 19.9 Å². The second-order valence-corrected chi connectivity index (χ2v) is 3.88. The van der Waals surface area contributed by atoms with Crippen LogP contribution < -0.4 is 5.32 Å². The SMILES string of the molecule is CN1CCNCC1C(=O)C1CC1. The van der Waals surface area contributed by atoms with Gasteiger partial charge in [-0.1, -0.05) is 0 Å². The number of nitrogens with zero attached hydrogens (tertiary/aromatic N) is 1. The zero-order valence-corrected chi connectivity index (χ0v) is 7.55. The van der Waals surface area contributed by atoms with Gasteiger partial charge in [-0.15, -0.1) is 0 Å². The van der Waals surface area contributed by atoms with Crippen LogP contribution in [0.3, 0.4) is 0 Å². The highest BCUT2D eigenvalue weighted by Gasteiger charge is 2.37. The van der Waals surface area contributed by atoms with Crippen LogP contribution in [0.25, 0.3) is 0 Å². The number of hydrogen-bond donors (Lipinski definition) is 1. The molecule has 3 nitrogen and oxygen atoms in total. The molecule has 2 fully saturated rings. The number of piperazine rings is 1. The average Bonchev–Trinajstić information content (AvgIpc) is 2.86. The van der Waals surface area contributed by atoms with Crippen molar-refractivity contribution in [3.8, 4) is 0 Å². The van der Waals surface area contributed by atoms with Crippen molar-refractivity contribution < 1.29 is 4.79 Å². The smallest absolute Gasteiger partial charge is 0.154 e. The van der Waals surface area contributed by atoms with E-state index in [4.69, 9.17) is 0 Å². The zero-order chi connectivity index (χ0) is 8.55. The number of carbonyl (C=O) groups is 1. The highest BCUT2D eigenvalue weighted by molar-refractivity contribution is 5.88. The lowest BCUT2D eigenvalue weighted by molar-refractivity contribution is -0.125. The third-order valence-electron chi connectivity index (χ3n) is 2.82. The van der Waals surface area contributed by atoms with Gasteiger partial charge < -0.3 is 5.32 Å². The van der Waals surface area contributed by atoms with E-state index in [1.807, 2.05) is 7.05 Å². The monoisotopic (exact) mass is 168 g/mol. The van der Waals surface area contributed by atoms with Crippen molar-refractivity contribution in [1.82, 2.24) is 10.2 Å². The van der Waals surface area contributed by atoms with Gasteiger partial charge in [0, 0.05) is 25.6 Å². The van der Waals surface area contributed by atoms with Gasteiger partial charge in [0.1, 0.15) is 0 Å². The normalized spacial score (nSPS) is 31.9. The van der Waals surface area contributed by atoms with Crippen molar-refractivity contribution in [2.24, 2.45) is 5.92 Å². The molecule has 1 heterocycles. The molecule has 1 aliphatic carbocycles. The Balaban J connectivity index is 1.95. The summed E-state index contributed by atoms with van der Waals surface area (Å²) in [5.41, 5.74) is 0. The third-order valence-corrected chi connectivity index (χ3v) is 2.82. The summed E-state index contributed by atoms with van der Waals surface area (Å²) in [6, 6.07) is 0.159. The molecule has 2 rings (SSSR count). The summed E-state index contributed by atoms with van der Waals surface area (Å²) in [4.78, 5) is 13.9. The Labute approximate surface area is 73.1 Å². The fraction of sp³-hybridized carbons (Fsp3) is 0.889. The van der Waals surface area contributed by atoms with Crippen LogP contribution in [0.15, 0.2) is 0 Å². The van der Waals surface area contributed by atoms with Gasteiger partial charge in [0.2, 0.25) is 0 Å². The number of ketones is 1. The minimum absolute atomic E-state index is 0.159. The molecule has 1 saturated carbocycles. The van der Waals surface area contributed by atoms with Crippen LogP contribution in [0.1, 0.15) is 12.8 Å². The largest absolute Gasteiger partial charge is 0.313 e. The van der Waals surface area contributed by atoms with Crippen molar-refractivity contribution in [3.05, 3.63) is 0 Å². The number of hydrogen-bond acceptors (Lipinski definition) is 3. The molecule has 0 bridgehead atoms. The minimum Gasteiger partial charge on any atom is -0.313 e. The lowest BCUT2D eigenvalue weighted by atomic mass is 10.1. The summed E-state index contributed by atoms with van der Waals surface area (Å²) in [7, 11) is 2.05. The highest BCUT2D eigenvalue weighted by atomic mass is 16.1. The molecule has 0 aromatic heterocycles. The molecule has 0 aromatic rings. The van der Waals surface area contributed by atoms with E-state index in [0.29, 0.717) is 11.7 Å². The summed E-state index contributed by atoms with van der Waals surface area (Å²) in [6.45, 7) is 2.87. The van der Waals surface area contributed by atoms with Gasteiger partial charge in [-0.25, -0.2) is 0 Å². The standard InChI is InChI=1S/C9H16N2O/c1-11-5-4-10-6-8(11)9(12)7-2-3-7/h7-8,10H,2-6H2,1H3. The lowest BCUT2D eigenvalue weighted by Crippen LogP contribution is -2.53. The molecule has 1 aliphatic heterocycles. The lowest BCUT2D eigenvalue weighted by Gasteiger charge is -2.31. The molecule has 1 saturated heterocycles. The van der Waals surface area contributed by atoms with E-state index >= 15 is 0 Å². The first kappa shape index (κ1) is 8.20. The Morgan fingerprint density at radius 2 is 2.25 bits per heavy atom. The molecule has 68 valence electrons. The van der Waals surface area contributed by atoms with Crippen molar-refractivity contribution in [2.45, 2.75) is 18.9 Å². The highest BCUT2D eigenvalue weighted by Crippen LogP contribution is 2.31. The molecule has 1 atom stereocenters. The molecule has 0 amide bonds. The Morgan fingerprint density at radius 3 is 2.83 bits per heavy atom. The molecular formula is C9H16N2O. The summed E-state index contributed by atoms with van der Waals surface area (Å²) >= 11 is 0. The van der Waals surface area contributed by atoms with E-state index < -0.39 is 0 Å². The van der Waals surface area contributed by atoms with Crippen molar-refractivity contribution in [1.29, 1.82) is 0 Å².